The lowest BCUT2D eigenvalue weighted by atomic mass is 10.3. The van der Waals surface area contributed by atoms with E-state index >= 15 is 0 Å². The third-order valence-electron chi connectivity index (χ3n) is 3.52. The Labute approximate surface area is 150 Å². The van der Waals surface area contributed by atoms with E-state index < -0.39 is 0 Å². The molecule has 2 aromatic heterocycles. The minimum Gasteiger partial charge on any atom is -0.491 e. The number of para-hydroxylation sites is 2. The molecule has 0 aliphatic rings. The highest BCUT2D eigenvalue weighted by Gasteiger charge is 2.08. The van der Waals surface area contributed by atoms with Crippen molar-refractivity contribution in [2.45, 2.75) is 13.3 Å². The molecule has 0 bridgehead atoms. The van der Waals surface area contributed by atoms with Gasteiger partial charge in [0.15, 0.2) is 5.15 Å². The summed E-state index contributed by atoms with van der Waals surface area (Å²) in [6.07, 6.45) is 5.82. The number of anilines is 1. The monoisotopic (exact) mass is 355 g/mol. The zero-order valence-corrected chi connectivity index (χ0v) is 14.5. The highest BCUT2D eigenvalue weighted by molar-refractivity contribution is 6.31. The van der Waals surface area contributed by atoms with E-state index in [2.05, 4.69) is 10.3 Å². The lowest BCUT2D eigenvalue weighted by molar-refractivity contribution is -0.111. The second kappa shape index (κ2) is 7.85. The van der Waals surface area contributed by atoms with Crippen molar-refractivity contribution in [2.24, 2.45) is 0 Å². The van der Waals surface area contributed by atoms with E-state index in [4.69, 9.17) is 16.3 Å². The van der Waals surface area contributed by atoms with Gasteiger partial charge in [-0.3, -0.25) is 9.20 Å². The maximum atomic E-state index is 12.3. The number of nitrogens with zero attached hydrogens (tertiary/aromatic N) is 2. The van der Waals surface area contributed by atoms with Gasteiger partial charge >= 0.3 is 0 Å². The number of benzene rings is 1. The second-order valence-electron chi connectivity index (χ2n) is 5.38. The molecule has 0 fully saturated rings. The largest absolute Gasteiger partial charge is 0.491 e. The molecule has 0 spiro atoms. The average molecular weight is 356 g/mol. The topological polar surface area (TPSA) is 55.6 Å². The van der Waals surface area contributed by atoms with Gasteiger partial charge in [0.1, 0.15) is 11.4 Å². The summed E-state index contributed by atoms with van der Waals surface area (Å²) < 4.78 is 7.46. The van der Waals surface area contributed by atoms with Gasteiger partial charge in [-0.15, -0.1) is 0 Å². The molecule has 3 aromatic rings. The molecule has 5 nitrogen and oxygen atoms in total. The van der Waals surface area contributed by atoms with Crippen LogP contribution in [0, 0.1) is 0 Å². The van der Waals surface area contributed by atoms with Crippen LogP contribution in [0.2, 0.25) is 5.15 Å². The van der Waals surface area contributed by atoms with Crippen molar-refractivity contribution >= 4 is 34.9 Å². The summed E-state index contributed by atoms with van der Waals surface area (Å²) in [5, 5.41) is 3.17. The van der Waals surface area contributed by atoms with Crippen LogP contribution in [0.5, 0.6) is 5.75 Å². The predicted octanol–water partition coefficient (Wildman–Crippen LogP) is 4.43. The Morgan fingerprint density at radius 2 is 2.08 bits per heavy atom. The first kappa shape index (κ1) is 17.0. The molecule has 128 valence electrons. The van der Waals surface area contributed by atoms with E-state index in [9.17, 15) is 4.79 Å². The van der Waals surface area contributed by atoms with Crippen molar-refractivity contribution in [3.63, 3.8) is 0 Å². The first-order chi connectivity index (χ1) is 12.2. The molecule has 0 saturated carbocycles. The van der Waals surface area contributed by atoms with Crippen molar-refractivity contribution in [3.05, 3.63) is 65.6 Å². The van der Waals surface area contributed by atoms with Crippen molar-refractivity contribution in [2.75, 3.05) is 11.9 Å². The second-order valence-corrected chi connectivity index (χ2v) is 5.74. The van der Waals surface area contributed by atoms with Gasteiger partial charge in [-0.2, -0.15) is 0 Å². The first-order valence-corrected chi connectivity index (χ1v) is 8.40. The van der Waals surface area contributed by atoms with E-state index in [1.54, 1.807) is 12.1 Å². The standard InChI is InChI=1S/C19H18ClN3O2/c1-2-13-25-16-8-4-3-7-14(16)21-18(24)11-10-15-19(20)22-17-9-5-6-12-23(15)17/h3-12H,2,13H2,1H3,(H,21,24)/b11-10+. The number of carbonyl (C=O) groups is 1. The number of halogens is 1. The van der Waals surface area contributed by atoms with Crippen molar-refractivity contribution < 1.29 is 9.53 Å². The highest BCUT2D eigenvalue weighted by Crippen LogP contribution is 2.24. The van der Waals surface area contributed by atoms with Gasteiger partial charge in [-0.05, 0) is 36.8 Å². The molecule has 6 heteroatoms. The Morgan fingerprint density at radius 3 is 2.92 bits per heavy atom. The number of amides is 1. The Bertz CT molecular complexity index is 918. The molecule has 0 radical (unpaired) electrons. The molecule has 0 saturated heterocycles. The lowest BCUT2D eigenvalue weighted by Gasteiger charge is -2.10. The van der Waals surface area contributed by atoms with Crippen molar-refractivity contribution in [1.82, 2.24) is 9.38 Å². The fraction of sp³-hybridized carbons (Fsp3) is 0.158. The molecule has 1 aromatic carbocycles. The van der Waals surface area contributed by atoms with Crippen LogP contribution in [0.4, 0.5) is 5.69 Å². The number of carbonyl (C=O) groups excluding carboxylic acids is 1. The molecule has 0 aliphatic carbocycles. The van der Waals surface area contributed by atoms with E-state index in [0.29, 0.717) is 28.9 Å². The number of hydrogen-bond acceptors (Lipinski definition) is 3. The molecule has 3 rings (SSSR count). The summed E-state index contributed by atoms with van der Waals surface area (Å²) in [6.45, 7) is 2.63. The number of aromatic nitrogens is 2. The van der Waals surface area contributed by atoms with Gasteiger partial charge in [0, 0.05) is 12.3 Å². The lowest BCUT2D eigenvalue weighted by Crippen LogP contribution is -2.09. The quantitative estimate of drug-likeness (QED) is 0.665. The Morgan fingerprint density at radius 1 is 1.28 bits per heavy atom. The van der Waals surface area contributed by atoms with Gasteiger partial charge in [0.2, 0.25) is 5.91 Å². The van der Waals surface area contributed by atoms with Crippen LogP contribution in [0.25, 0.3) is 11.7 Å². The fourth-order valence-corrected chi connectivity index (χ4v) is 2.61. The summed E-state index contributed by atoms with van der Waals surface area (Å²) in [7, 11) is 0. The van der Waals surface area contributed by atoms with Gasteiger partial charge in [-0.1, -0.05) is 36.7 Å². The van der Waals surface area contributed by atoms with Crippen LogP contribution < -0.4 is 10.1 Å². The molecule has 0 atom stereocenters. The normalized spacial score (nSPS) is 11.1. The number of hydrogen-bond donors (Lipinski definition) is 1. The third-order valence-corrected chi connectivity index (χ3v) is 3.80. The summed E-state index contributed by atoms with van der Waals surface area (Å²) >= 11 is 6.16. The number of pyridine rings is 1. The fourth-order valence-electron chi connectivity index (χ4n) is 2.37. The van der Waals surface area contributed by atoms with Crippen molar-refractivity contribution in [1.29, 1.82) is 0 Å². The first-order valence-electron chi connectivity index (χ1n) is 8.02. The molecule has 0 unspecified atom stereocenters. The van der Waals surface area contributed by atoms with Gasteiger partial charge in [0.25, 0.3) is 0 Å². The molecule has 1 N–H and O–H groups in total. The van der Waals surface area contributed by atoms with Gasteiger partial charge in [0.05, 0.1) is 18.0 Å². The molecule has 2 heterocycles. The third kappa shape index (κ3) is 4.00. The Kier molecular flexibility index (Phi) is 5.36. The molecular weight excluding hydrogens is 338 g/mol. The van der Waals surface area contributed by atoms with Crippen LogP contribution in [-0.2, 0) is 4.79 Å². The van der Waals surface area contributed by atoms with Crippen LogP contribution in [0.15, 0.2) is 54.7 Å². The average Bonchev–Trinajstić information content (AvgIpc) is 2.94. The summed E-state index contributed by atoms with van der Waals surface area (Å²) in [6, 6.07) is 13.0. The van der Waals surface area contributed by atoms with E-state index in [1.165, 1.54) is 6.08 Å². The van der Waals surface area contributed by atoms with Crippen LogP contribution in [0.3, 0.4) is 0 Å². The van der Waals surface area contributed by atoms with Gasteiger partial charge in [-0.25, -0.2) is 4.98 Å². The Balaban J connectivity index is 1.76. The predicted molar refractivity (Wildman–Crippen MR) is 100 cm³/mol. The zero-order chi connectivity index (χ0) is 17.6. The molecular formula is C19H18ClN3O2. The van der Waals surface area contributed by atoms with E-state index in [-0.39, 0.29) is 5.91 Å². The minimum absolute atomic E-state index is 0.269. The smallest absolute Gasteiger partial charge is 0.248 e. The number of ether oxygens (including phenoxy) is 1. The number of imidazole rings is 1. The maximum Gasteiger partial charge on any atom is 0.248 e. The highest BCUT2D eigenvalue weighted by atomic mass is 35.5. The maximum absolute atomic E-state index is 12.3. The van der Waals surface area contributed by atoms with E-state index in [0.717, 1.165) is 12.1 Å². The zero-order valence-electron chi connectivity index (χ0n) is 13.8. The van der Waals surface area contributed by atoms with Crippen LogP contribution in [0.1, 0.15) is 19.0 Å². The van der Waals surface area contributed by atoms with Crippen molar-refractivity contribution in [3.8, 4) is 5.75 Å². The van der Waals surface area contributed by atoms with Gasteiger partial charge < -0.3 is 10.1 Å². The number of nitrogens with one attached hydrogen (secondary N) is 1. The molecule has 1 amide bonds. The van der Waals surface area contributed by atoms with E-state index in [1.807, 2.05) is 53.9 Å². The van der Waals surface area contributed by atoms with Crippen LogP contribution >= 0.6 is 11.6 Å². The summed E-state index contributed by atoms with van der Waals surface area (Å²) in [5.41, 5.74) is 2.02. The summed E-state index contributed by atoms with van der Waals surface area (Å²) in [4.78, 5) is 16.5. The summed E-state index contributed by atoms with van der Waals surface area (Å²) in [5.74, 6) is 0.383. The van der Waals surface area contributed by atoms with Crippen LogP contribution in [-0.4, -0.2) is 21.9 Å². The molecule has 25 heavy (non-hydrogen) atoms. The minimum atomic E-state index is -0.269. The SMILES string of the molecule is CCCOc1ccccc1NC(=O)/C=C/c1c(Cl)nc2ccccn12. The number of fused-ring (bicyclic) bond motifs is 1. The Hall–Kier alpha value is -2.79. The molecule has 0 aliphatic heterocycles. The number of rotatable bonds is 6.